The minimum Gasteiger partial charge on any atom is -0.493 e. The van der Waals surface area contributed by atoms with Crippen LogP contribution in [0.4, 0.5) is 11.6 Å². The number of halogens is 2. The molecule has 0 spiro atoms. The van der Waals surface area contributed by atoms with Gasteiger partial charge < -0.3 is 25.8 Å². The zero-order chi connectivity index (χ0) is 27.5. The normalized spacial score (nSPS) is 14.7. The zero-order valence-corrected chi connectivity index (χ0v) is 22.8. The Balaban J connectivity index is 1.35. The van der Waals surface area contributed by atoms with Gasteiger partial charge in [0.1, 0.15) is 18.2 Å². The highest BCUT2D eigenvalue weighted by molar-refractivity contribution is 6.42. The third-order valence-corrected chi connectivity index (χ3v) is 7.41. The van der Waals surface area contributed by atoms with Crippen LogP contribution in [0.5, 0.6) is 5.75 Å². The second kappa shape index (κ2) is 11.7. The number of fused-ring (bicyclic) bond motifs is 1. The third kappa shape index (κ3) is 5.94. The molecule has 1 amide bonds. The van der Waals surface area contributed by atoms with Gasteiger partial charge in [0, 0.05) is 24.3 Å². The number of ether oxygens (including phenoxy) is 1. The van der Waals surface area contributed by atoms with Crippen molar-refractivity contribution in [2.75, 3.05) is 18.6 Å². The van der Waals surface area contributed by atoms with Crippen LogP contribution in [0.3, 0.4) is 0 Å². The number of amides is 1. The maximum absolute atomic E-state index is 12.1. The molecule has 4 N–H and O–H groups in total. The molecule has 0 aliphatic heterocycles. The summed E-state index contributed by atoms with van der Waals surface area (Å²) in [6.45, 7) is 0.269. The fraction of sp³-hybridized carbons (Fsp3) is 0.333. The molecule has 5 rings (SSSR count). The molecule has 2 heterocycles. The molecule has 1 aliphatic rings. The number of para-hydroxylation sites is 1. The minimum atomic E-state index is -1.24. The van der Waals surface area contributed by atoms with Crippen molar-refractivity contribution >= 4 is 46.4 Å². The molecule has 1 unspecified atom stereocenters. The van der Waals surface area contributed by atoms with Crippen LogP contribution >= 0.6 is 23.2 Å². The Kier molecular flexibility index (Phi) is 8.18. The van der Waals surface area contributed by atoms with E-state index in [-0.39, 0.29) is 28.6 Å². The van der Waals surface area contributed by atoms with E-state index < -0.39 is 12.1 Å². The van der Waals surface area contributed by atoms with Gasteiger partial charge in [0.15, 0.2) is 5.65 Å². The van der Waals surface area contributed by atoms with Crippen molar-refractivity contribution in [2.45, 2.75) is 43.9 Å². The van der Waals surface area contributed by atoms with E-state index in [2.05, 4.69) is 20.4 Å². The van der Waals surface area contributed by atoms with Crippen molar-refractivity contribution < 1.29 is 14.6 Å². The van der Waals surface area contributed by atoms with Crippen LogP contribution in [-0.2, 0) is 4.79 Å². The second-order valence-electron chi connectivity index (χ2n) is 9.46. The molecule has 1 fully saturated rings. The molecule has 0 saturated heterocycles. The van der Waals surface area contributed by atoms with Crippen molar-refractivity contribution in [1.82, 2.24) is 24.9 Å². The monoisotopic (exact) mass is 569 g/mol. The topological polar surface area (TPSA) is 131 Å². The number of benzene rings is 2. The number of carbonyl (C=O) groups excluding carboxylic acids is 1. The molecule has 1 aliphatic carbocycles. The van der Waals surface area contributed by atoms with Gasteiger partial charge in [0.05, 0.1) is 34.5 Å². The number of nitrogens with two attached hydrogens (primary N) is 1. The largest absolute Gasteiger partial charge is 0.493 e. The van der Waals surface area contributed by atoms with E-state index in [1.165, 1.54) is 12.5 Å². The molecule has 2 aromatic heterocycles. The molecular weight excluding hydrogens is 541 g/mol. The molecule has 0 radical (unpaired) electrons. The highest BCUT2D eigenvalue weighted by Crippen LogP contribution is 2.41. The van der Waals surface area contributed by atoms with Gasteiger partial charge in [-0.3, -0.25) is 4.79 Å². The highest BCUT2D eigenvalue weighted by atomic mass is 35.5. The van der Waals surface area contributed by atoms with Crippen molar-refractivity contribution in [3.05, 3.63) is 76.2 Å². The lowest BCUT2D eigenvalue weighted by molar-refractivity contribution is -0.122. The molecule has 2 atom stereocenters. The third-order valence-electron chi connectivity index (χ3n) is 6.60. The number of hydrogen-bond donors (Lipinski definition) is 3. The summed E-state index contributed by atoms with van der Waals surface area (Å²) in [4.78, 5) is 22.7. The van der Waals surface area contributed by atoms with Crippen molar-refractivity contribution in [3.63, 3.8) is 0 Å². The van der Waals surface area contributed by atoms with E-state index in [4.69, 9.17) is 33.7 Å². The Bertz CT molecular complexity index is 1460. The van der Waals surface area contributed by atoms with Crippen molar-refractivity contribution in [2.24, 2.45) is 5.73 Å². The van der Waals surface area contributed by atoms with Crippen molar-refractivity contribution in [3.8, 4) is 5.75 Å². The van der Waals surface area contributed by atoms with Gasteiger partial charge in [0.2, 0.25) is 11.9 Å². The number of aromatic nitrogens is 4. The molecule has 4 aromatic rings. The number of anilines is 2. The summed E-state index contributed by atoms with van der Waals surface area (Å²) in [5, 5.41) is 19.3. The highest BCUT2D eigenvalue weighted by Gasteiger charge is 2.27. The molecule has 39 heavy (non-hydrogen) atoms. The van der Waals surface area contributed by atoms with Crippen LogP contribution in [0.25, 0.3) is 5.65 Å². The second-order valence-corrected chi connectivity index (χ2v) is 10.2. The Morgan fingerprint density at radius 2 is 2.00 bits per heavy atom. The maximum Gasteiger partial charge on any atom is 0.237 e. The zero-order valence-electron chi connectivity index (χ0n) is 21.3. The molecule has 1 saturated carbocycles. The lowest BCUT2D eigenvalue weighted by Crippen LogP contribution is -2.41. The lowest BCUT2D eigenvalue weighted by atomic mass is 10.0. The summed E-state index contributed by atoms with van der Waals surface area (Å²) in [6.07, 6.45) is 4.72. The van der Waals surface area contributed by atoms with Crippen LogP contribution in [0.15, 0.2) is 55.0 Å². The van der Waals surface area contributed by atoms with E-state index in [9.17, 15) is 9.90 Å². The first-order valence-corrected chi connectivity index (χ1v) is 13.4. The predicted molar refractivity (Wildman–Crippen MR) is 150 cm³/mol. The number of hydrogen-bond acceptors (Lipinski definition) is 8. The fourth-order valence-corrected chi connectivity index (χ4v) is 4.67. The Hall–Kier alpha value is -3.44. The average molecular weight is 570 g/mol. The van der Waals surface area contributed by atoms with Gasteiger partial charge in [-0.2, -0.15) is 9.61 Å². The van der Waals surface area contributed by atoms with E-state index in [1.54, 1.807) is 16.6 Å². The van der Waals surface area contributed by atoms with Gasteiger partial charge in [-0.05, 0) is 49.9 Å². The smallest absolute Gasteiger partial charge is 0.237 e. The standard InChI is InChI=1S/C27H29Cl2N7O3/c1-35(17-6-3-2-4-7-17)27-32-15-31-25-18(14-33-36(25)27)24(37)22-21(12-11-19(28)23(22)29)39-13-5-8-20(30)26(38)34-16-9-10-16/h2-4,6-7,11-12,14-16,20,24,37H,5,8-10,13,30H2,1H3,(H,34,38)/t20-,24?/m1/s1. The Morgan fingerprint density at radius 3 is 2.74 bits per heavy atom. The molecule has 2 aromatic carbocycles. The summed E-state index contributed by atoms with van der Waals surface area (Å²) in [6, 6.07) is 12.6. The van der Waals surface area contributed by atoms with Gasteiger partial charge in [-0.15, -0.1) is 0 Å². The van der Waals surface area contributed by atoms with Gasteiger partial charge in [0.25, 0.3) is 0 Å². The number of carbonyl (C=O) groups is 1. The summed E-state index contributed by atoms with van der Waals surface area (Å²) in [5.41, 5.74) is 8.04. The first kappa shape index (κ1) is 27.1. The van der Waals surface area contributed by atoms with Gasteiger partial charge in [-0.25, -0.2) is 9.97 Å². The van der Waals surface area contributed by atoms with Crippen LogP contribution < -0.4 is 20.7 Å². The number of rotatable bonds is 11. The van der Waals surface area contributed by atoms with E-state index in [1.807, 2.05) is 42.3 Å². The summed E-state index contributed by atoms with van der Waals surface area (Å²) < 4.78 is 7.54. The molecule has 10 nitrogen and oxygen atoms in total. The quantitative estimate of drug-likeness (QED) is 0.230. The number of nitrogens with one attached hydrogen (secondary N) is 1. The first-order chi connectivity index (χ1) is 18.8. The fourth-order valence-electron chi connectivity index (χ4n) is 4.25. The minimum absolute atomic E-state index is 0.143. The van der Waals surface area contributed by atoms with E-state index in [0.29, 0.717) is 41.3 Å². The lowest BCUT2D eigenvalue weighted by Gasteiger charge is -2.19. The molecule has 204 valence electrons. The van der Waals surface area contributed by atoms with E-state index in [0.717, 1.165) is 18.5 Å². The number of aliphatic hydroxyl groups excluding tert-OH is 1. The number of nitrogens with zero attached hydrogens (tertiary/aromatic N) is 5. The van der Waals surface area contributed by atoms with Crippen LogP contribution in [0.1, 0.15) is 42.9 Å². The molecular formula is C27H29Cl2N7O3. The van der Waals surface area contributed by atoms with Gasteiger partial charge >= 0.3 is 0 Å². The molecule has 12 heteroatoms. The summed E-state index contributed by atoms with van der Waals surface area (Å²) in [7, 11) is 1.87. The van der Waals surface area contributed by atoms with Crippen molar-refractivity contribution in [1.29, 1.82) is 0 Å². The summed E-state index contributed by atoms with van der Waals surface area (Å²) in [5.74, 6) is 0.735. The van der Waals surface area contributed by atoms with Crippen LogP contribution in [0.2, 0.25) is 10.0 Å². The average Bonchev–Trinajstić information content (AvgIpc) is 3.66. The number of aliphatic hydroxyl groups is 1. The van der Waals surface area contributed by atoms with Crippen LogP contribution in [-0.4, -0.2) is 56.3 Å². The Labute approximate surface area is 235 Å². The SMILES string of the molecule is CN(c1ccccc1)c1ncnc2c(C(O)c3c(OCCC[C@@H](N)C(=O)NC4CC4)ccc(Cl)c3Cl)cnn12. The maximum atomic E-state index is 12.1. The predicted octanol–water partition coefficient (Wildman–Crippen LogP) is 4.05. The first-order valence-electron chi connectivity index (χ1n) is 12.7. The molecule has 0 bridgehead atoms. The van der Waals surface area contributed by atoms with Crippen LogP contribution in [0, 0.1) is 0 Å². The van der Waals surface area contributed by atoms with Gasteiger partial charge in [-0.1, -0.05) is 41.4 Å². The Morgan fingerprint density at radius 1 is 1.23 bits per heavy atom. The van der Waals surface area contributed by atoms with E-state index >= 15 is 0 Å². The summed E-state index contributed by atoms with van der Waals surface area (Å²) >= 11 is 12.9.